The molecule has 1 amide bonds. The fraction of sp³-hybridized carbons (Fsp3) is 0.462. The van der Waals surface area contributed by atoms with Gasteiger partial charge in [-0.1, -0.05) is 45.8 Å². The molecule has 0 fully saturated rings. The highest BCUT2D eigenvalue weighted by atomic mass is 79.9. The minimum atomic E-state index is -0.523. The lowest BCUT2D eigenvalue weighted by atomic mass is 10.0. The first kappa shape index (κ1) is 13.2. The molecule has 88 valence electrons. The number of halogens is 1. The molecule has 0 aliphatic heterocycles. The van der Waals surface area contributed by atoms with Gasteiger partial charge in [-0.3, -0.25) is 4.79 Å². The molecular formula is C13H18BrNO. The van der Waals surface area contributed by atoms with Crippen LogP contribution in [0.2, 0.25) is 0 Å². The van der Waals surface area contributed by atoms with E-state index in [1.54, 1.807) is 0 Å². The van der Waals surface area contributed by atoms with Gasteiger partial charge in [0.05, 0.1) is 10.4 Å². The van der Waals surface area contributed by atoms with Crippen molar-refractivity contribution in [3.63, 3.8) is 0 Å². The van der Waals surface area contributed by atoms with E-state index in [0.717, 1.165) is 5.56 Å². The second kappa shape index (κ2) is 5.00. The van der Waals surface area contributed by atoms with Gasteiger partial charge in [0, 0.05) is 0 Å². The van der Waals surface area contributed by atoms with Gasteiger partial charge in [-0.15, -0.1) is 0 Å². The molecule has 0 aromatic heterocycles. The molecule has 0 aliphatic rings. The van der Waals surface area contributed by atoms with E-state index in [2.05, 4.69) is 27.3 Å². The van der Waals surface area contributed by atoms with Crippen molar-refractivity contribution in [2.45, 2.75) is 38.1 Å². The molecule has 1 aromatic carbocycles. The molecule has 2 nitrogen and oxygen atoms in total. The lowest BCUT2D eigenvalue weighted by Gasteiger charge is -2.21. The maximum atomic E-state index is 11.8. The van der Waals surface area contributed by atoms with Crippen molar-refractivity contribution in [3.05, 3.63) is 35.4 Å². The minimum Gasteiger partial charge on any atom is -0.348 e. The van der Waals surface area contributed by atoms with Gasteiger partial charge in [0.25, 0.3) is 0 Å². The standard InChI is InChI=1S/C13H18BrNO/c1-9-6-5-7-11(8-9)10(2)15-12(16)13(3,4)14/h5-8,10H,1-4H3,(H,15,16)/t10-/m0/s1. The Morgan fingerprint density at radius 2 is 2.06 bits per heavy atom. The first-order chi connectivity index (χ1) is 7.30. The van der Waals surface area contributed by atoms with E-state index in [9.17, 15) is 4.79 Å². The van der Waals surface area contributed by atoms with Gasteiger partial charge < -0.3 is 5.32 Å². The van der Waals surface area contributed by atoms with Crippen LogP contribution < -0.4 is 5.32 Å². The number of carbonyl (C=O) groups excluding carboxylic acids is 1. The third-order valence-electron chi connectivity index (χ3n) is 2.43. The number of benzene rings is 1. The Morgan fingerprint density at radius 1 is 1.44 bits per heavy atom. The molecule has 1 N–H and O–H groups in total. The predicted molar refractivity (Wildman–Crippen MR) is 70.7 cm³/mol. The van der Waals surface area contributed by atoms with E-state index in [1.165, 1.54) is 5.56 Å². The van der Waals surface area contributed by atoms with Gasteiger partial charge in [0.2, 0.25) is 5.91 Å². The zero-order valence-electron chi connectivity index (χ0n) is 10.2. The summed E-state index contributed by atoms with van der Waals surface area (Å²) < 4.78 is -0.523. The maximum Gasteiger partial charge on any atom is 0.236 e. The third-order valence-corrected chi connectivity index (χ3v) is 2.79. The molecule has 16 heavy (non-hydrogen) atoms. The van der Waals surface area contributed by atoms with Crippen LogP contribution in [-0.4, -0.2) is 10.2 Å². The number of carbonyl (C=O) groups is 1. The summed E-state index contributed by atoms with van der Waals surface area (Å²) in [6, 6.07) is 8.20. The number of rotatable bonds is 3. The Labute approximate surface area is 106 Å². The first-order valence-corrected chi connectivity index (χ1v) is 6.16. The predicted octanol–water partition coefficient (Wildman–Crippen LogP) is 3.35. The van der Waals surface area contributed by atoms with Crippen LogP contribution in [0.1, 0.15) is 37.9 Å². The third kappa shape index (κ3) is 3.63. The van der Waals surface area contributed by atoms with Crippen molar-refractivity contribution >= 4 is 21.8 Å². The number of amides is 1. The molecule has 0 saturated heterocycles. The SMILES string of the molecule is Cc1cccc([C@H](C)NC(=O)C(C)(C)Br)c1. The smallest absolute Gasteiger partial charge is 0.236 e. The average molecular weight is 284 g/mol. The summed E-state index contributed by atoms with van der Waals surface area (Å²) in [5, 5.41) is 2.98. The van der Waals surface area contributed by atoms with Crippen LogP contribution in [0.4, 0.5) is 0 Å². The number of aryl methyl sites for hydroxylation is 1. The number of alkyl halides is 1. The van der Waals surface area contributed by atoms with Crippen LogP contribution in [0.25, 0.3) is 0 Å². The van der Waals surface area contributed by atoms with Crippen molar-refractivity contribution in [2.24, 2.45) is 0 Å². The molecular weight excluding hydrogens is 266 g/mol. The number of nitrogens with one attached hydrogen (secondary N) is 1. The Morgan fingerprint density at radius 3 is 2.56 bits per heavy atom. The Hall–Kier alpha value is -0.830. The van der Waals surface area contributed by atoms with Gasteiger partial charge in [-0.05, 0) is 33.3 Å². The van der Waals surface area contributed by atoms with Gasteiger partial charge in [-0.2, -0.15) is 0 Å². The second-order valence-electron chi connectivity index (χ2n) is 4.58. The van der Waals surface area contributed by atoms with Crippen molar-refractivity contribution < 1.29 is 4.79 Å². The number of hydrogen-bond donors (Lipinski definition) is 1. The Kier molecular flexibility index (Phi) is 4.14. The average Bonchev–Trinajstić information content (AvgIpc) is 2.16. The summed E-state index contributed by atoms with van der Waals surface area (Å²) in [6.45, 7) is 7.72. The Balaban J connectivity index is 2.73. The van der Waals surface area contributed by atoms with Gasteiger partial charge in [0.1, 0.15) is 0 Å². The van der Waals surface area contributed by atoms with E-state index < -0.39 is 4.32 Å². The molecule has 3 heteroatoms. The minimum absolute atomic E-state index is 0.00139. The fourth-order valence-corrected chi connectivity index (χ4v) is 1.51. The molecule has 1 atom stereocenters. The molecule has 0 radical (unpaired) electrons. The number of hydrogen-bond acceptors (Lipinski definition) is 1. The summed E-state index contributed by atoms with van der Waals surface area (Å²) in [4.78, 5) is 11.8. The van der Waals surface area contributed by atoms with E-state index in [1.807, 2.05) is 45.9 Å². The van der Waals surface area contributed by atoms with Gasteiger partial charge in [-0.25, -0.2) is 0 Å². The summed E-state index contributed by atoms with van der Waals surface area (Å²) in [6.07, 6.45) is 0. The van der Waals surface area contributed by atoms with E-state index >= 15 is 0 Å². The highest BCUT2D eigenvalue weighted by molar-refractivity contribution is 9.10. The van der Waals surface area contributed by atoms with Crippen molar-refractivity contribution in [1.82, 2.24) is 5.32 Å². The molecule has 0 spiro atoms. The molecule has 1 aromatic rings. The van der Waals surface area contributed by atoms with E-state index in [0.29, 0.717) is 0 Å². The summed E-state index contributed by atoms with van der Waals surface area (Å²) in [7, 11) is 0. The van der Waals surface area contributed by atoms with E-state index in [4.69, 9.17) is 0 Å². The largest absolute Gasteiger partial charge is 0.348 e. The van der Waals surface area contributed by atoms with Crippen molar-refractivity contribution in [1.29, 1.82) is 0 Å². The van der Waals surface area contributed by atoms with Crippen LogP contribution >= 0.6 is 15.9 Å². The van der Waals surface area contributed by atoms with Gasteiger partial charge in [0.15, 0.2) is 0 Å². The van der Waals surface area contributed by atoms with Crippen molar-refractivity contribution in [3.8, 4) is 0 Å². The van der Waals surface area contributed by atoms with Crippen LogP contribution in [-0.2, 0) is 4.79 Å². The summed E-state index contributed by atoms with van der Waals surface area (Å²) in [5.41, 5.74) is 2.34. The monoisotopic (exact) mass is 283 g/mol. The quantitative estimate of drug-likeness (QED) is 0.847. The maximum absolute atomic E-state index is 11.8. The second-order valence-corrected chi connectivity index (χ2v) is 6.56. The topological polar surface area (TPSA) is 29.1 Å². The lowest BCUT2D eigenvalue weighted by Crippen LogP contribution is -2.38. The lowest BCUT2D eigenvalue weighted by molar-refractivity contribution is -0.123. The van der Waals surface area contributed by atoms with Crippen LogP contribution in [0.3, 0.4) is 0 Å². The zero-order valence-corrected chi connectivity index (χ0v) is 11.8. The zero-order chi connectivity index (χ0) is 12.3. The highest BCUT2D eigenvalue weighted by Crippen LogP contribution is 2.19. The molecule has 0 unspecified atom stereocenters. The van der Waals surface area contributed by atoms with E-state index in [-0.39, 0.29) is 11.9 Å². The summed E-state index contributed by atoms with van der Waals surface area (Å²) >= 11 is 3.35. The molecule has 1 rings (SSSR count). The van der Waals surface area contributed by atoms with Crippen LogP contribution in [0.5, 0.6) is 0 Å². The van der Waals surface area contributed by atoms with Crippen molar-refractivity contribution in [2.75, 3.05) is 0 Å². The molecule has 0 saturated carbocycles. The Bertz CT molecular complexity index is 382. The summed E-state index contributed by atoms with van der Waals surface area (Å²) in [5.74, 6) is 0.00139. The molecule has 0 aliphatic carbocycles. The van der Waals surface area contributed by atoms with Crippen LogP contribution in [0, 0.1) is 6.92 Å². The highest BCUT2D eigenvalue weighted by Gasteiger charge is 2.24. The first-order valence-electron chi connectivity index (χ1n) is 5.37. The molecule has 0 bridgehead atoms. The fourth-order valence-electron chi connectivity index (χ4n) is 1.39. The van der Waals surface area contributed by atoms with Crippen LogP contribution in [0.15, 0.2) is 24.3 Å². The normalized spacial score (nSPS) is 13.3. The van der Waals surface area contributed by atoms with Gasteiger partial charge >= 0.3 is 0 Å². The molecule has 0 heterocycles.